The standard InChI is InChI=1S/C10H15F5OS/c1-2-8(16)17-4-3-6(11)5-7(12)9(13)10(14)15/h6-7,9-10H,2-5H2,1H3. The van der Waals surface area contributed by atoms with Crippen LogP contribution in [-0.4, -0.2) is 35.8 Å². The summed E-state index contributed by atoms with van der Waals surface area (Å²) < 4.78 is 61.8. The summed E-state index contributed by atoms with van der Waals surface area (Å²) in [6.07, 6.45) is -11.3. The number of alkyl halides is 5. The van der Waals surface area contributed by atoms with Gasteiger partial charge in [0.05, 0.1) is 0 Å². The second-order valence-electron chi connectivity index (χ2n) is 3.49. The number of rotatable bonds is 8. The summed E-state index contributed by atoms with van der Waals surface area (Å²) in [4.78, 5) is 10.8. The second-order valence-corrected chi connectivity index (χ2v) is 4.64. The number of carbonyl (C=O) groups excluding carboxylic acids is 1. The molecule has 7 heteroatoms. The van der Waals surface area contributed by atoms with E-state index in [-0.39, 0.29) is 17.3 Å². The van der Waals surface area contributed by atoms with Crippen LogP contribution >= 0.6 is 11.8 Å². The van der Waals surface area contributed by atoms with Gasteiger partial charge in [0.25, 0.3) is 6.43 Å². The Bertz CT molecular complexity index is 227. The molecule has 0 saturated carbocycles. The lowest BCUT2D eigenvalue weighted by Crippen LogP contribution is -2.28. The third-order valence-corrected chi connectivity index (χ3v) is 3.10. The molecule has 0 aliphatic heterocycles. The van der Waals surface area contributed by atoms with Gasteiger partial charge in [-0.2, -0.15) is 0 Å². The summed E-state index contributed by atoms with van der Waals surface area (Å²) in [6.45, 7) is 1.65. The fourth-order valence-electron chi connectivity index (χ4n) is 1.05. The minimum Gasteiger partial charge on any atom is -0.287 e. The molecular formula is C10H15F5OS. The highest BCUT2D eigenvalue weighted by molar-refractivity contribution is 8.13. The maximum Gasteiger partial charge on any atom is 0.272 e. The predicted molar refractivity (Wildman–Crippen MR) is 57.7 cm³/mol. The van der Waals surface area contributed by atoms with Gasteiger partial charge in [0.2, 0.25) is 0 Å². The molecule has 0 amide bonds. The van der Waals surface area contributed by atoms with Crippen molar-refractivity contribution in [3.05, 3.63) is 0 Å². The molecule has 1 nitrogen and oxygen atoms in total. The number of halogens is 5. The van der Waals surface area contributed by atoms with Crippen LogP contribution in [0.2, 0.25) is 0 Å². The molecule has 0 fully saturated rings. The molecular weight excluding hydrogens is 263 g/mol. The van der Waals surface area contributed by atoms with E-state index in [0.717, 1.165) is 11.8 Å². The van der Waals surface area contributed by atoms with Gasteiger partial charge in [0.1, 0.15) is 12.3 Å². The first-order valence-corrected chi connectivity index (χ1v) is 6.23. The van der Waals surface area contributed by atoms with Crippen molar-refractivity contribution in [2.24, 2.45) is 0 Å². The Labute approximate surface area is 101 Å². The number of carbonyl (C=O) groups is 1. The lowest BCUT2D eigenvalue weighted by molar-refractivity contribution is -0.110. The number of hydrogen-bond donors (Lipinski definition) is 0. The molecule has 0 spiro atoms. The average Bonchev–Trinajstić information content (AvgIpc) is 2.27. The van der Waals surface area contributed by atoms with Crippen LogP contribution in [-0.2, 0) is 4.79 Å². The molecule has 0 heterocycles. The van der Waals surface area contributed by atoms with Crippen LogP contribution in [0.5, 0.6) is 0 Å². The van der Waals surface area contributed by atoms with E-state index in [9.17, 15) is 26.7 Å². The second kappa shape index (κ2) is 8.72. The highest BCUT2D eigenvalue weighted by Crippen LogP contribution is 2.21. The van der Waals surface area contributed by atoms with Gasteiger partial charge in [0, 0.05) is 18.6 Å². The number of thioether (sulfide) groups is 1. The molecule has 0 rings (SSSR count). The SMILES string of the molecule is CCC(=O)SCCC(F)CC(F)C(F)C(F)F. The van der Waals surface area contributed by atoms with Gasteiger partial charge >= 0.3 is 0 Å². The van der Waals surface area contributed by atoms with E-state index in [2.05, 4.69) is 0 Å². The normalized spacial score (nSPS) is 16.9. The lowest BCUT2D eigenvalue weighted by Gasteiger charge is -2.14. The summed E-state index contributed by atoms with van der Waals surface area (Å²) in [6, 6.07) is 0. The Morgan fingerprint density at radius 1 is 1.18 bits per heavy atom. The van der Waals surface area contributed by atoms with E-state index in [4.69, 9.17) is 0 Å². The van der Waals surface area contributed by atoms with Gasteiger partial charge in [-0.05, 0) is 6.42 Å². The molecule has 0 N–H and O–H groups in total. The van der Waals surface area contributed by atoms with E-state index in [1.807, 2.05) is 0 Å². The zero-order valence-electron chi connectivity index (χ0n) is 9.34. The molecule has 0 aliphatic rings. The Kier molecular flexibility index (Phi) is 8.55. The lowest BCUT2D eigenvalue weighted by atomic mass is 10.1. The van der Waals surface area contributed by atoms with E-state index < -0.39 is 31.4 Å². The van der Waals surface area contributed by atoms with Crippen molar-refractivity contribution in [3.63, 3.8) is 0 Å². The first kappa shape index (κ1) is 16.7. The zero-order valence-corrected chi connectivity index (χ0v) is 10.2. The molecule has 0 bridgehead atoms. The van der Waals surface area contributed by atoms with Gasteiger partial charge in [-0.25, -0.2) is 22.0 Å². The predicted octanol–water partition coefficient (Wildman–Crippen LogP) is 3.72. The molecule has 3 atom stereocenters. The van der Waals surface area contributed by atoms with E-state index in [1.165, 1.54) is 0 Å². The zero-order chi connectivity index (χ0) is 13.4. The van der Waals surface area contributed by atoms with Crippen LogP contribution in [0, 0.1) is 0 Å². The van der Waals surface area contributed by atoms with Crippen LogP contribution < -0.4 is 0 Å². The topological polar surface area (TPSA) is 17.1 Å². The summed E-state index contributed by atoms with van der Waals surface area (Å²) in [5.41, 5.74) is 0. The third-order valence-electron chi connectivity index (χ3n) is 2.05. The van der Waals surface area contributed by atoms with Crippen molar-refractivity contribution >= 4 is 16.9 Å². The molecule has 0 saturated heterocycles. The summed E-state index contributed by atoms with van der Waals surface area (Å²) >= 11 is 0.903. The Morgan fingerprint density at radius 2 is 1.76 bits per heavy atom. The molecule has 0 aromatic rings. The minimum atomic E-state index is -3.44. The molecule has 0 aromatic carbocycles. The fraction of sp³-hybridized carbons (Fsp3) is 0.900. The van der Waals surface area contributed by atoms with E-state index in [1.54, 1.807) is 6.92 Å². The molecule has 17 heavy (non-hydrogen) atoms. The largest absolute Gasteiger partial charge is 0.287 e. The van der Waals surface area contributed by atoms with Crippen molar-refractivity contribution in [2.75, 3.05) is 5.75 Å². The van der Waals surface area contributed by atoms with Crippen LogP contribution in [0.15, 0.2) is 0 Å². The molecule has 0 aromatic heterocycles. The maximum absolute atomic E-state index is 13.1. The summed E-state index contributed by atoms with van der Waals surface area (Å²) in [5.74, 6) is 0.145. The summed E-state index contributed by atoms with van der Waals surface area (Å²) in [7, 11) is 0. The Balaban J connectivity index is 3.78. The average molecular weight is 278 g/mol. The molecule has 3 unspecified atom stereocenters. The number of hydrogen-bond acceptors (Lipinski definition) is 2. The van der Waals surface area contributed by atoms with Gasteiger partial charge in [0.15, 0.2) is 11.3 Å². The minimum absolute atomic E-state index is 0.120. The summed E-state index contributed by atoms with van der Waals surface area (Å²) in [5, 5.41) is -0.120. The first-order valence-electron chi connectivity index (χ1n) is 5.24. The monoisotopic (exact) mass is 278 g/mol. The van der Waals surface area contributed by atoms with Crippen molar-refractivity contribution in [3.8, 4) is 0 Å². The van der Waals surface area contributed by atoms with Gasteiger partial charge in [-0.1, -0.05) is 18.7 Å². The van der Waals surface area contributed by atoms with E-state index >= 15 is 0 Å². The van der Waals surface area contributed by atoms with Crippen molar-refractivity contribution in [1.29, 1.82) is 0 Å². The Morgan fingerprint density at radius 3 is 2.24 bits per heavy atom. The first-order chi connectivity index (χ1) is 7.88. The molecule has 0 radical (unpaired) electrons. The van der Waals surface area contributed by atoms with Crippen LogP contribution in [0.4, 0.5) is 22.0 Å². The van der Waals surface area contributed by atoms with Crippen molar-refractivity contribution < 1.29 is 26.7 Å². The van der Waals surface area contributed by atoms with Crippen molar-refractivity contribution in [1.82, 2.24) is 0 Å². The highest BCUT2D eigenvalue weighted by Gasteiger charge is 2.31. The van der Waals surface area contributed by atoms with Crippen LogP contribution in [0.1, 0.15) is 26.2 Å². The van der Waals surface area contributed by atoms with Crippen LogP contribution in [0.25, 0.3) is 0 Å². The van der Waals surface area contributed by atoms with Crippen LogP contribution in [0.3, 0.4) is 0 Å². The van der Waals surface area contributed by atoms with Gasteiger partial charge in [-0.3, -0.25) is 4.79 Å². The smallest absolute Gasteiger partial charge is 0.272 e. The van der Waals surface area contributed by atoms with Crippen molar-refractivity contribution in [2.45, 2.75) is 51.1 Å². The Hall–Kier alpha value is -0.330. The van der Waals surface area contributed by atoms with Gasteiger partial charge in [-0.15, -0.1) is 0 Å². The maximum atomic E-state index is 13.1. The highest BCUT2D eigenvalue weighted by atomic mass is 32.2. The quantitative estimate of drug-likeness (QED) is 0.629. The molecule has 0 aliphatic carbocycles. The van der Waals surface area contributed by atoms with E-state index in [0.29, 0.717) is 6.42 Å². The van der Waals surface area contributed by atoms with Gasteiger partial charge < -0.3 is 0 Å². The fourth-order valence-corrected chi connectivity index (χ4v) is 1.86. The third kappa shape index (κ3) is 7.57. The molecule has 102 valence electrons.